The Morgan fingerprint density at radius 3 is 2.11 bits per heavy atom. The number of rotatable bonds is 6. The third-order valence-electron chi connectivity index (χ3n) is 2.52. The van der Waals surface area contributed by atoms with E-state index in [1.807, 2.05) is 0 Å². The van der Waals surface area contributed by atoms with Crippen LogP contribution in [0.25, 0.3) is 0 Å². The first-order chi connectivity index (χ1) is 8.85. The topological polar surface area (TPSA) is 54.2 Å². The molecule has 0 aliphatic carbocycles. The summed E-state index contributed by atoms with van der Waals surface area (Å²) in [4.78, 5) is 6.60. The summed E-state index contributed by atoms with van der Waals surface area (Å²) in [6, 6.07) is 1.67. The number of nitrogens with one attached hydrogen (secondary N) is 1. The zero-order valence-electron chi connectivity index (χ0n) is 11.9. The van der Waals surface area contributed by atoms with Gasteiger partial charge in [0.2, 0.25) is 0 Å². The van der Waals surface area contributed by atoms with Crippen molar-refractivity contribution in [3.63, 3.8) is 0 Å². The van der Waals surface area contributed by atoms with Gasteiger partial charge in [0.25, 0.3) is 0 Å². The maximum absolute atomic E-state index is 6.26. The van der Waals surface area contributed by atoms with Crippen molar-refractivity contribution >= 4 is 34.8 Å². The molecule has 0 amide bonds. The highest BCUT2D eigenvalue weighted by atomic mass is 35.5. The maximum Gasteiger partial charge on any atom is 0.161 e. The van der Waals surface area contributed by atoms with Crippen molar-refractivity contribution in [2.45, 2.75) is 27.7 Å². The molecule has 0 saturated carbocycles. The Morgan fingerprint density at radius 2 is 1.68 bits per heavy atom. The summed E-state index contributed by atoms with van der Waals surface area (Å²) in [6.45, 7) is 10.4. The van der Waals surface area contributed by atoms with Crippen LogP contribution in [-0.2, 0) is 0 Å². The first kappa shape index (κ1) is 16.3. The third kappa shape index (κ3) is 4.71. The highest BCUT2D eigenvalue weighted by Gasteiger charge is 2.17. The average molecular weight is 305 g/mol. The van der Waals surface area contributed by atoms with E-state index in [1.165, 1.54) is 0 Å². The molecular formula is C13H22Cl2N4. The molecule has 0 radical (unpaired) electrons. The second-order valence-electron chi connectivity index (χ2n) is 5.46. The standard InChI is InChI=1S/C13H22Cl2N4/c1-8(2)6-19(7-9(3)4)13-11(15)5-10(14)12(17-13)18-16/h5,8-9H,6-7,16H2,1-4H3,(H,17,18). The van der Waals surface area contributed by atoms with Crippen molar-refractivity contribution in [3.05, 3.63) is 16.1 Å². The van der Waals surface area contributed by atoms with Gasteiger partial charge in [-0.25, -0.2) is 10.8 Å². The summed E-state index contributed by atoms with van der Waals surface area (Å²) < 4.78 is 0. The lowest BCUT2D eigenvalue weighted by molar-refractivity contribution is 0.549. The zero-order chi connectivity index (χ0) is 14.6. The molecule has 1 rings (SSSR count). The fraction of sp³-hybridized carbons (Fsp3) is 0.615. The number of halogens is 2. The van der Waals surface area contributed by atoms with E-state index in [0.717, 1.165) is 18.9 Å². The van der Waals surface area contributed by atoms with Crippen molar-refractivity contribution in [1.29, 1.82) is 0 Å². The van der Waals surface area contributed by atoms with Crippen LogP contribution >= 0.6 is 23.2 Å². The third-order valence-corrected chi connectivity index (χ3v) is 3.08. The van der Waals surface area contributed by atoms with Gasteiger partial charge in [-0.2, -0.15) is 0 Å². The molecule has 4 nitrogen and oxygen atoms in total. The van der Waals surface area contributed by atoms with Crippen LogP contribution in [-0.4, -0.2) is 18.1 Å². The van der Waals surface area contributed by atoms with Crippen LogP contribution in [0.4, 0.5) is 11.6 Å². The van der Waals surface area contributed by atoms with Crippen molar-refractivity contribution in [1.82, 2.24) is 4.98 Å². The van der Waals surface area contributed by atoms with Crippen molar-refractivity contribution < 1.29 is 0 Å². The predicted molar refractivity (Wildman–Crippen MR) is 84.0 cm³/mol. The summed E-state index contributed by atoms with van der Waals surface area (Å²) in [7, 11) is 0. The molecular weight excluding hydrogens is 283 g/mol. The van der Waals surface area contributed by atoms with E-state index in [1.54, 1.807) is 6.07 Å². The van der Waals surface area contributed by atoms with Gasteiger partial charge in [0, 0.05) is 13.1 Å². The number of anilines is 2. The Hall–Kier alpha value is -0.710. The smallest absolute Gasteiger partial charge is 0.161 e. The Morgan fingerprint density at radius 1 is 1.16 bits per heavy atom. The van der Waals surface area contributed by atoms with Crippen LogP contribution in [0.1, 0.15) is 27.7 Å². The molecule has 0 unspecified atom stereocenters. The number of nitrogen functional groups attached to an aromatic ring is 1. The van der Waals surface area contributed by atoms with Crippen LogP contribution in [0.15, 0.2) is 6.07 Å². The highest BCUT2D eigenvalue weighted by Crippen LogP contribution is 2.31. The molecule has 19 heavy (non-hydrogen) atoms. The molecule has 0 aromatic carbocycles. The molecule has 0 aliphatic heterocycles. The first-order valence-corrected chi connectivity index (χ1v) is 7.18. The molecule has 0 aliphatic rings. The molecule has 6 heteroatoms. The van der Waals surface area contributed by atoms with Gasteiger partial charge >= 0.3 is 0 Å². The number of nitrogens with zero attached hydrogens (tertiary/aromatic N) is 2. The van der Waals surface area contributed by atoms with Crippen molar-refractivity contribution in [2.75, 3.05) is 23.4 Å². The first-order valence-electron chi connectivity index (χ1n) is 6.42. The monoisotopic (exact) mass is 304 g/mol. The Kier molecular flexibility index (Phi) is 6.17. The summed E-state index contributed by atoms with van der Waals surface area (Å²) in [5.74, 6) is 7.61. The molecule has 0 atom stereocenters. The van der Waals surface area contributed by atoms with Crippen LogP contribution in [0.5, 0.6) is 0 Å². The van der Waals surface area contributed by atoms with Crippen molar-refractivity contribution in [2.24, 2.45) is 17.7 Å². The minimum Gasteiger partial charge on any atom is -0.355 e. The lowest BCUT2D eigenvalue weighted by Gasteiger charge is -2.28. The number of nitrogens with two attached hydrogens (primary N) is 1. The molecule has 0 fully saturated rings. The van der Waals surface area contributed by atoms with Crippen LogP contribution in [0, 0.1) is 11.8 Å². The number of hydrazine groups is 1. The molecule has 1 heterocycles. The number of pyridine rings is 1. The molecule has 1 aromatic heterocycles. The summed E-state index contributed by atoms with van der Waals surface area (Å²) in [5.41, 5.74) is 2.50. The number of aromatic nitrogens is 1. The molecule has 0 bridgehead atoms. The Labute approximate surface area is 125 Å². The van der Waals surface area contributed by atoms with Gasteiger partial charge in [0.1, 0.15) is 5.82 Å². The quantitative estimate of drug-likeness (QED) is 0.620. The van der Waals surface area contributed by atoms with E-state index in [4.69, 9.17) is 29.0 Å². The van der Waals surface area contributed by atoms with Crippen LogP contribution < -0.4 is 16.2 Å². The van der Waals surface area contributed by atoms with Gasteiger partial charge in [0.15, 0.2) is 5.82 Å². The molecule has 3 N–H and O–H groups in total. The average Bonchev–Trinajstić information content (AvgIpc) is 2.27. The zero-order valence-corrected chi connectivity index (χ0v) is 13.4. The van der Waals surface area contributed by atoms with E-state index in [9.17, 15) is 0 Å². The summed E-state index contributed by atoms with van der Waals surface area (Å²) >= 11 is 12.3. The van der Waals surface area contributed by atoms with Gasteiger partial charge in [-0.1, -0.05) is 50.9 Å². The van der Waals surface area contributed by atoms with E-state index < -0.39 is 0 Å². The second-order valence-corrected chi connectivity index (χ2v) is 6.28. The van der Waals surface area contributed by atoms with E-state index >= 15 is 0 Å². The normalized spacial score (nSPS) is 11.2. The molecule has 108 valence electrons. The molecule has 0 spiro atoms. The fourth-order valence-electron chi connectivity index (χ4n) is 1.91. The second kappa shape index (κ2) is 7.17. The van der Waals surface area contributed by atoms with Gasteiger partial charge < -0.3 is 10.3 Å². The van der Waals surface area contributed by atoms with Gasteiger partial charge in [-0.3, -0.25) is 0 Å². The van der Waals surface area contributed by atoms with Gasteiger partial charge in [-0.05, 0) is 17.9 Å². The lowest BCUT2D eigenvalue weighted by atomic mass is 10.1. The SMILES string of the molecule is CC(C)CN(CC(C)C)c1nc(NN)c(Cl)cc1Cl. The summed E-state index contributed by atoms with van der Waals surface area (Å²) in [5, 5.41) is 0.968. The summed E-state index contributed by atoms with van der Waals surface area (Å²) in [6.07, 6.45) is 0. The molecule has 1 aromatic rings. The van der Waals surface area contributed by atoms with Gasteiger partial charge in [0.05, 0.1) is 10.0 Å². The van der Waals surface area contributed by atoms with Crippen LogP contribution in [0.2, 0.25) is 10.0 Å². The van der Waals surface area contributed by atoms with E-state index in [-0.39, 0.29) is 0 Å². The highest BCUT2D eigenvalue weighted by molar-refractivity contribution is 6.37. The largest absolute Gasteiger partial charge is 0.355 e. The maximum atomic E-state index is 6.26. The van der Waals surface area contributed by atoms with E-state index in [2.05, 4.69) is 43.0 Å². The molecule has 0 saturated heterocycles. The lowest BCUT2D eigenvalue weighted by Crippen LogP contribution is -2.32. The van der Waals surface area contributed by atoms with Crippen LogP contribution in [0.3, 0.4) is 0 Å². The number of hydrogen-bond donors (Lipinski definition) is 2. The van der Waals surface area contributed by atoms with Crippen molar-refractivity contribution in [3.8, 4) is 0 Å². The predicted octanol–water partition coefficient (Wildman–Crippen LogP) is 3.79. The Balaban J connectivity index is 3.13. The number of hydrogen-bond acceptors (Lipinski definition) is 4. The minimum absolute atomic E-state index is 0.422. The van der Waals surface area contributed by atoms with Gasteiger partial charge in [-0.15, -0.1) is 0 Å². The fourth-order valence-corrected chi connectivity index (χ4v) is 2.44. The Bertz CT molecular complexity index is 411. The van der Waals surface area contributed by atoms with E-state index in [0.29, 0.717) is 27.7 Å². The minimum atomic E-state index is 0.422.